The van der Waals surface area contributed by atoms with Gasteiger partial charge < -0.3 is 15.1 Å². The van der Waals surface area contributed by atoms with Crippen LogP contribution >= 0.6 is 24.0 Å². The monoisotopic (exact) mass is 431 g/mol. The van der Waals surface area contributed by atoms with Crippen molar-refractivity contribution in [1.82, 2.24) is 10.6 Å². The van der Waals surface area contributed by atoms with Crippen LogP contribution in [0.4, 0.5) is 0 Å². The van der Waals surface area contributed by atoms with E-state index in [1.54, 1.807) is 0 Å². The van der Waals surface area contributed by atoms with Gasteiger partial charge in [-0.25, -0.2) is 0 Å². The molecule has 1 unspecified atom stereocenters. The summed E-state index contributed by atoms with van der Waals surface area (Å²) in [4.78, 5) is 4.86. The van der Waals surface area contributed by atoms with Gasteiger partial charge in [0.2, 0.25) is 0 Å². The van der Waals surface area contributed by atoms with Gasteiger partial charge in [-0.1, -0.05) is 0 Å². The molecule has 3 rings (SSSR count). The Bertz CT molecular complexity index is 508. The predicted molar refractivity (Wildman–Crippen MR) is 105 cm³/mol. The molecule has 2 N–H and O–H groups in total. The molecule has 2 aliphatic carbocycles. The first-order valence-corrected chi connectivity index (χ1v) is 8.78. The Labute approximate surface area is 156 Å². The maximum absolute atomic E-state index is 5.70. The first-order chi connectivity index (χ1) is 10.7. The van der Waals surface area contributed by atoms with Gasteiger partial charge >= 0.3 is 0 Å². The average molecular weight is 431 g/mol. The van der Waals surface area contributed by atoms with Crippen molar-refractivity contribution < 1.29 is 4.42 Å². The van der Waals surface area contributed by atoms with E-state index < -0.39 is 0 Å². The third kappa shape index (κ3) is 5.40. The standard InChI is InChI=1S/C18H29N3O.HI/c1-4-19-18(21-13(3)17-10-5-12(2)22-17)20-11-16(14-6-7-14)15-8-9-15;/h5,10,13-16H,4,6-9,11H2,1-3H3,(H2,19,20,21);1H. The smallest absolute Gasteiger partial charge is 0.191 e. The maximum atomic E-state index is 5.70. The zero-order valence-electron chi connectivity index (χ0n) is 14.5. The Morgan fingerprint density at radius 1 is 1.26 bits per heavy atom. The van der Waals surface area contributed by atoms with Crippen molar-refractivity contribution in [2.24, 2.45) is 22.7 Å². The molecule has 2 aliphatic rings. The fraction of sp³-hybridized carbons (Fsp3) is 0.722. The van der Waals surface area contributed by atoms with E-state index in [0.717, 1.165) is 48.3 Å². The molecule has 0 aliphatic heterocycles. The molecule has 1 atom stereocenters. The van der Waals surface area contributed by atoms with Crippen molar-refractivity contribution in [3.05, 3.63) is 23.7 Å². The third-order valence-corrected chi connectivity index (χ3v) is 4.80. The minimum atomic E-state index is 0. The lowest BCUT2D eigenvalue weighted by molar-refractivity contribution is 0.414. The van der Waals surface area contributed by atoms with Crippen LogP contribution in [0, 0.1) is 24.7 Å². The molecule has 0 amide bonds. The van der Waals surface area contributed by atoms with Crippen molar-refractivity contribution in [3.63, 3.8) is 0 Å². The number of nitrogens with one attached hydrogen (secondary N) is 2. The van der Waals surface area contributed by atoms with Crippen LogP contribution in [0.5, 0.6) is 0 Å². The zero-order chi connectivity index (χ0) is 15.5. The van der Waals surface area contributed by atoms with Gasteiger partial charge in [-0.15, -0.1) is 24.0 Å². The van der Waals surface area contributed by atoms with Gasteiger partial charge in [0.05, 0.1) is 6.04 Å². The molecule has 0 radical (unpaired) electrons. The second-order valence-electron chi connectivity index (χ2n) is 6.87. The highest BCUT2D eigenvalue weighted by Gasteiger charge is 2.41. The number of hydrogen-bond donors (Lipinski definition) is 2. The van der Waals surface area contributed by atoms with E-state index in [9.17, 15) is 0 Å². The van der Waals surface area contributed by atoms with E-state index in [0.29, 0.717) is 0 Å². The van der Waals surface area contributed by atoms with Crippen LogP contribution in [-0.2, 0) is 0 Å². The Morgan fingerprint density at radius 3 is 2.39 bits per heavy atom. The molecule has 2 saturated carbocycles. The molecule has 1 heterocycles. The molecule has 1 aromatic heterocycles. The molecule has 1 aromatic rings. The van der Waals surface area contributed by atoms with Gasteiger partial charge in [-0.05, 0) is 76.3 Å². The molecule has 0 bridgehead atoms. The number of aryl methyl sites for hydroxylation is 1. The van der Waals surface area contributed by atoms with Crippen molar-refractivity contribution in [3.8, 4) is 0 Å². The number of hydrogen-bond acceptors (Lipinski definition) is 2. The van der Waals surface area contributed by atoms with Crippen LogP contribution in [0.3, 0.4) is 0 Å². The quantitative estimate of drug-likeness (QED) is 0.386. The lowest BCUT2D eigenvalue weighted by Crippen LogP contribution is -2.39. The molecular formula is C18H30IN3O. The van der Waals surface area contributed by atoms with E-state index in [1.165, 1.54) is 25.7 Å². The van der Waals surface area contributed by atoms with E-state index in [4.69, 9.17) is 9.41 Å². The largest absolute Gasteiger partial charge is 0.464 e. The fourth-order valence-electron chi connectivity index (χ4n) is 3.21. The molecule has 130 valence electrons. The van der Waals surface area contributed by atoms with Crippen molar-refractivity contribution in [2.75, 3.05) is 13.1 Å². The highest BCUT2D eigenvalue weighted by atomic mass is 127. The van der Waals surface area contributed by atoms with Crippen molar-refractivity contribution in [2.45, 2.75) is 52.5 Å². The molecule has 0 saturated heterocycles. The van der Waals surface area contributed by atoms with Gasteiger partial charge in [0.25, 0.3) is 0 Å². The number of rotatable bonds is 7. The first-order valence-electron chi connectivity index (χ1n) is 8.78. The maximum Gasteiger partial charge on any atom is 0.191 e. The summed E-state index contributed by atoms with van der Waals surface area (Å²) >= 11 is 0. The lowest BCUT2D eigenvalue weighted by Gasteiger charge is -2.18. The van der Waals surface area contributed by atoms with Crippen LogP contribution in [0.2, 0.25) is 0 Å². The highest BCUT2D eigenvalue weighted by molar-refractivity contribution is 14.0. The number of guanidine groups is 1. The summed E-state index contributed by atoms with van der Waals surface area (Å²) < 4.78 is 5.70. The lowest BCUT2D eigenvalue weighted by atomic mass is 9.98. The van der Waals surface area contributed by atoms with Gasteiger partial charge in [0, 0.05) is 13.1 Å². The number of nitrogens with zero attached hydrogens (tertiary/aromatic N) is 1. The Balaban J connectivity index is 0.00000192. The van der Waals surface area contributed by atoms with E-state index in [-0.39, 0.29) is 30.0 Å². The molecule has 0 aromatic carbocycles. The van der Waals surface area contributed by atoms with E-state index >= 15 is 0 Å². The molecule has 23 heavy (non-hydrogen) atoms. The second-order valence-corrected chi connectivity index (χ2v) is 6.87. The molecule has 2 fully saturated rings. The third-order valence-electron chi connectivity index (χ3n) is 4.80. The number of aliphatic imine (C=N–C) groups is 1. The SMILES string of the molecule is CCNC(=NCC(C1CC1)C1CC1)NC(C)c1ccc(C)o1.I. The summed E-state index contributed by atoms with van der Waals surface area (Å²) in [5.74, 6) is 5.54. The van der Waals surface area contributed by atoms with Crippen molar-refractivity contribution >= 4 is 29.9 Å². The summed E-state index contributed by atoms with van der Waals surface area (Å²) in [7, 11) is 0. The topological polar surface area (TPSA) is 49.6 Å². The summed E-state index contributed by atoms with van der Waals surface area (Å²) in [6.45, 7) is 8.05. The minimum absolute atomic E-state index is 0. The Morgan fingerprint density at radius 2 is 1.91 bits per heavy atom. The minimum Gasteiger partial charge on any atom is -0.464 e. The zero-order valence-corrected chi connectivity index (χ0v) is 16.8. The molecular weight excluding hydrogens is 401 g/mol. The van der Waals surface area contributed by atoms with E-state index in [1.807, 2.05) is 19.1 Å². The Hall–Kier alpha value is -0.720. The molecule has 4 nitrogen and oxygen atoms in total. The van der Waals surface area contributed by atoms with Gasteiger partial charge in [0.1, 0.15) is 11.5 Å². The van der Waals surface area contributed by atoms with Crippen LogP contribution < -0.4 is 10.6 Å². The Kier molecular flexibility index (Phi) is 6.80. The van der Waals surface area contributed by atoms with E-state index in [2.05, 4.69) is 24.5 Å². The molecule has 5 heteroatoms. The summed E-state index contributed by atoms with van der Waals surface area (Å²) in [6.07, 6.45) is 5.68. The van der Waals surface area contributed by atoms with Crippen LogP contribution in [0.25, 0.3) is 0 Å². The summed E-state index contributed by atoms with van der Waals surface area (Å²) in [5, 5.41) is 6.83. The van der Waals surface area contributed by atoms with Gasteiger partial charge in [-0.2, -0.15) is 0 Å². The van der Waals surface area contributed by atoms with Crippen molar-refractivity contribution in [1.29, 1.82) is 0 Å². The van der Waals surface area contributed by atoms with Crippen LogP contribution in [0.15, 0.2) is 21.5 Å². The van der Waals surface area contributed by atoms with Gasteiger partial charge in [0.15, 0.2) is 5.96 Å². The highest BCUT2D eigenvalue weighted by Crippen LogP contribution is 2.49. The molecule has 0 spiro atoms. The predicted octanol–water partition coefficient (Wildman–Crippen LogP) is 4.26. The van der Waals surface area contributed by atoms with Gasteiger partial charge in [-0.3, -0.25) is 4.99 Å². The van der Waals surface area contributed by atoms with Crippen LogP contribution in [-0.4, -0.2) is 19.0 Å². The summed E-state index contributed by atoms with van der Waals surface area (Å²) in [6, 6.07) is 4.17. The fourth-order valence-corrected chi connectivity index (χ4v) is 3.21. The number of halogens is 1. The van der Waals surface area contributed by atoms with Crippen LogP contribution in [0.1, 0.15) is 57.1 Å². The number of furan rings is 1. The summed E-state index contributed by atoms with van der Waals surface area (Å²) in [5.41, 5.74) is 0. The second kappa shape index (κ2) is 8.40. The normalized spacial score (nSPS) is 19.4. The average Bonchev–Trinajstić information content (AvgIpc) is 3.40. The first kappa shape index (κ1) is 18.6.